The smallest absolute Gasteiger partial charge is 0.251 e. The summed E-state index contributed by atoms with van der Waals surface area (Å²) in [6.45, 7) is 2.11. The van der Waals surface area contributed by atoms with Crippen molar-refractivity contribution < 1.29 is 14.4 Å². The van der Waals surface area contributed by atoms with E-state index in [4.69, 9.17) is 0 Å². The Morgan fingerprint density at radius 1 is 1.08 bits per heavy atom. The van der Waals surface area contributed by atoms with Crippen molar-refractivity contribution in [3.63, 3.8) is 0 Å². The van der Waals surface area contributed by atoms with Gasteiger partial charge in [0.05, 0.1) is 5.69 Å². The van der Waals surface area contributed by atoms with Crippen LogP contribution in [0.5, 0.6) is 0 Å². The number of fused-ring (bicyclic) bond motifs is 2. The molecule has 4 rings (SSSR count). The van der Waals surface area contributed by atoms with E-state index in [-0.39, 0.29) is 36.6 Å². The second-order valence-electron chi connectivity index (χ2n) is 7.77. The zero-order chi connectivity index (χ0) is 17.6. The third-order valence-electron chi connectivity index (χ3n) is 6.23. The van der Waals surface area contributed by atoms with Gasteiger partial charge < -0.3 is 5.32 Å². The Morgan fingerprint density at radius 2 is 1.76 bits per heavy atom. The third kappa shape index (κ3) is 2.96. The van der Waals surface area contributed by atoms with E-state index >= 15 is 0 Å². The van der Waals surface area contributed by atoms with E-state index in [2.05, 4.69) is 12.2 Å². The van der Waals surface area contributed by atoms with Gasteiger partial charge in [-0.3, -0.25) is 19.3 Å². The normalized spacial score (nSPS) is 29.3. The summed E-state index contributed by atoms with van der Waals surface area (Å²) < 4.78 is 0. The van der Waals surface area contributed by atoms with Gasteiger partial charge in [0.2, 0.25) is 11.8 Å². The van der Waals surface area contributed by atoms with Crippen molar-refractivity contribution in [3.05, 3.63) is 29.8 Å². The molecule has 1 N–H and O–H groups in total. The minimum atomic E-state index is -0.174. The van der Waals surface area contributed by atoms with Crippen molar-refractivity contribution in [3.8, 4) is 0 Å². The van der Waals surface area contributed by atoms with Crippen molar-refractivity contribution in [2.75, 3.05) is 4.90 Å². The van der Waals surface area contributed by atoms with Gasteiger partial charge in [0, 0.05) is 24.4 Å². The Kier molecular flexibility index (Phi) is 4.10. The molecule has 3 fully saturated rings. The van der Waals surface area contributed by atoms with Gasteiger partial charge in [0.1, 0.15) is 0 Å². The molecule has 1 aromatic rings. The van der Waals surface area contributed by atoms with Gasteiger partial charge in [-0.1, -0.05) is 6.42 Å². The first-order valence-electron chi connectivity index (χ1n) is 9.29. The van der Waals surface area contributed by atoms with Gasteiger partial charge in [-0.15, -0.1) is 0 Å². The minimum absolute atomic E-state index is 0.0825. The summed E-state index contributed by atoms with van der Waals surface area (Å²) in [6.07, 6.45) is 5.77. The molecule has 4 atom stereocenters. The maximum Gasteiger partial charge on any atom is 0.251 e. The number of imide groups is 1. The van der Waals surface area contributed by atoms with Crippen LogP contribution in [0.1, 0.15) is 55.8 Å². The molecule has 0 aromatic heterocycles. The summed E-state index contributed by atoms with van der Waals surface area (Å²) in [6, 6.07) is 6.93. The van der Waals surface area contributed by atoms with E-state index in [0.29, 0.717) is 17.2 Å². The molecule has 0 spiro atoms. The van der Waals surface area contributed by atoms with Crippen LogP contribution in [0.3, 0.4) is 0 Å². The number of hydrogen-bond donors (Lipinski definition) is 1. The first-order chi connectivity index (χ1) is 12.0. The second-order valence-corrected chi connectivity index (χ2v) is 7.77. The predicted molar refractivity (Wildman–Crippen MR) is 94.0 cm³/mol. The maximum absolute atomic E-state index is 12.5. The summed E-state index contributed by atoms with van der Waals surface area (Å²) in [7, 11) is 0. The van der Waals surface area contributed by atoms with Crippen molar-refractivity contribution in [1.29, 1.82) is 0 Å². The van der Waals surface area contributed by atoms with Crippen LogP contribution in [-0.4, -0.2) is 23.8 Å². The number of benzene rings is 1. The zero-order valence-electron chi connectivity index (χ0n) is 14.5. The fraction of sp³-hybridized carbons (Fsp3) is 0.550. The monoisotopic (exact) mass is 340 g/mol. The number of carbonyl (C=O) groups is 3. The van der Waals surface area contributed by atoms with Crippen LogP contribution in [0.4, 0.5) is 5.69 Å². The zero-order valence-corrected chi connectivity index (χ0v) is 14.5. The molecule has 3 aliphatic rings. The highest BCUT2D eigenvalue weighted by molar-refractivity contribution is 6.19. The molecule has 5 nitrogen and oxygen atoms in total. The quantitative estimate of drug-likeness (QED) is 0.857. The lowest BCUT2D eigenvalue weighted by molar-refractivity contribution is -0.121. The minimum Gasteiger partial charge on any atom is -0.349 e. The fourth-order valence-electron chi connectivity index (χ4n) is 4.93. The van der Waals surface area contributed by atoms with E-state index in [0.717, 1.165) is 11.8 Å². The molecule has 132 valence electrons. The molecular weight excluding hydrogens is 316 g/mol. The van der Waals surface area contributed by atoms with Gasteiger partial charge >= 0.3 is 0 Å². The molecule has 0 radical (unpaired) electrons. The summed E-state index contributed by atoms with van der Waals surface area (Å²) in [4.78, 5) is 37.3. The largest absolute Gasteiger partial charge is 0.349 e. The number of nitrogens with one attached hydrogen (secondary N) is 1. The van der Waals surface area contributed by atoms with E-state index in [1.165, 1.54) is 30.6 Å². The van der Waals surface area contributed by atoms with Crippen LogP contribution >= 0.6 is 0 Å². The van der Waals surface area contributed by atoms with Gasteiger partial charge in [-0.05, 0) is 68.2 Å². The number of anilines is 1. The molecule has 2 bridgehead atoms. The summed E-state index contributed by atoms with van der Waals surface area (Å²) in [5.41, 5.74) is 1.11. The fourth-order valence-corrected chi connectivity index (χ4v) is 4.93. The number of nitrogens with zero attached hydrogens (tertiary/aromatic N) is 1. The van der Waals surface area contributed by atoms with E-state index in [9.17, 15) is 14.4 Å². The van der Waals surface area contributed by atoms with Gasteiger partial charge in [0.25, 0.3) is 5.91 Å². The maximum atomic E-state index is 12.5. The van der Waals surface area contributed by atoms with E-state index in [1.54, 1.807) is 24.3 Å². The lowest BCUT2D eigenvalue weighted by Gasteiger charge is -2.28. The Labute approximate surface area is 147 Å². The number of carbonyl (C=O) groups excluding carboxylic acids is 3. The first kappa shape index (κ1) is 16.3. The first-order valence-corrected chi connectivity index (χ1v) is 9.29. The number of hydrogen-bond acceptors (Lipinski definition) is 3. The molecule has 0 unspecified atom stereocenters. The lowest BCUT2D eigenvalue weighted by Crippen LogP contribution is -2.40. The molecule has 1 saturated heterocycles. The molecule has 25 heavy (non-hydrogen) atoms. The molecule has 3 amide bonds. The van der Waals surface area contributed by atoms with Gasteiger partial charge in [-0.2, -0.15) is 0 Å². The Bertz CT molecular complexity index is 696. The van der Waals surface area contributed by atoms with Crippen molar-refractivity contribution >= 4 is 23.4 Å². The van der Waals surface area contributed by atoms with Crippen molar-refractivity contribution in [1.82, 2.24) is 5.32 Å². The molecule has 5 heteroatoms. The highest BCUT2D eigenvalue weighted by Gasteiger charge is 2.42. The second kappa shape index (κ2) is 6.28. The van der Waals surface area contributed by atoms with Crippen molar-refractivity contribution in [2.24, 2.45) is 17.8 Å². The SMILES string of the molecule is C[C@@H](NC(=O)c1ccc(N2C(=O)CCC2=O)cc1)[C@H]1C[C@H]2CC[C@H]1C2. The molecule has 2 saturated carbocycles. The summed E-state index contributed by atoms with van der Waals surface area (Å²) in [5.74, 6) is 1.81. The standard InChI is InChI=1S/C20H24N2O3/c1-12(17-11-13-2-3-15(17)10-13)21-20(25)14-4-6-16(7-5-14)22-18(23)8-9-19(22)24/h4-7,12-13,15,17H,2-3,8-11H2,1H3,(H,21,25)/t12-,13+,15+,17-/m1/s1. The van der Waals surface area contributed by atoms with Crippen LogP contribution in [0, 0.1) is 17.8 Å². The van der Waals surface area contributed by atoms with Crippen molar-refractivity contribution in [2.45, 2.75) is 51.5 Å². The lowest BCUT2D eigenvalue weighted by atomic mass is 9.84. The van der Waals surface area contributed by atoms with Gasteiger partial charge in [0.15, 0.2) is 0 Å². The Hall–Kier alpha value is -2.17. The van der Waals surface area contributed by atoms with E-state index < -0.39 is 0 Å². The molecule has 1 heterocycles. The Balaban J connectivity index is 1.40. The number of amides is 3. The van der Waals surface area contributed by atoms with Gasteiger partial charge in [-0.25, -0.2) is 0 Å². The van der Waals surface area contributed by atoms with E-state index in [1.807, 2.05) is 0 Å². The topological polar surface area (TPSA) is 66.5 Å². The highest BCUT2D eigenvalue weighted by Crippen LogP contribution is 2.49. The Morgan fingerprint density at radius 3 is 2.32 bits per heavy atom. The highest BCUT2D eigenvalue weighted by atomic mass is 16.2. The predicted octanol–water partition coefficient (Wildman–Crippen LogP) is 2.89. The summed E-state index contributed by atoms with van der Waals surface area (Å²) in [5, 5.41) is 3.14. The molecule has 1 aliphatic heterocycles. The summed E-state index contributed by atoms with van der Waals surface area (Å²) >= 11 is 0. The van der Waals surface area contributed by atoms with Crippen LogP contribution < -0.4 is 10.2 Å². The average Bonchev–Trinajstić information content (AvgIpc) is 3.31. The molecular formula is C20H24N2O3. The third-order valence-corrected chi connectivity index (χ3v) is 6.23. The van der Waals surface area contributed by atoms with Crippen LogP contribution in [-0.2, 0) is 9.59 Å². The molecule has 1 aromatic carbocycles. The average molecular weight is 340 g/mol. The molecule has 2 aliphatic carbocycles. The van der Waals surface area contributed by atoms with Crippen LogP contribution in [0.25, 0.3) is 0 Å². The van der Waals surface area contributed by atoms with Crippen LogP contribution in [0.2, 0.25) is 0 Å². The number of rotatable bonds is 4. The van der Waals surface area contributed by atoms with Crippen LogP contribution in [0.15, 0.2) is 24.3 Å².